The molecule has 0 aliphatic carbocycles. The van der Waals surface area contributed by atoms with Crippen LogP contribution in [-0.2, 0) is 6.18 Å². The first-order valence-corrected chi connectivity index (χ1v) is 7.77. The molecule has 0 aliphatic heterocycles. The van der Waals surface area contributed by atoms with E-state index < -0.39 is 17.8 Å². The van der Waals surface area contributed by atoms with Crippen molar-refractivity contribution in [2.24, 2.45) is 5.92 Å². The molecule has 24 heavy (non-hydrogen) atoms. The van der Waals surface area contributed by atoms with Gasteiger partial charge in [0.15, 0.2) is 0 Å². The van der Waals surface area contributed by atoms with Crippen LogP contribution in [0.5, 0.6) is 0 Å². The van der Waals surface area contributed by atoms with E-state index in [1.54, 1.807) is 24.5 Å². The van der Waals surface area contributed by atoms with Crippen LogP contribution in [0.2, 0.25) is 0 Å². The van der Waals surface area contributed by atoms with E-state index in [0.29, 0.717) is 6.54 Å². The predicted molar refractivity (Wildman–Crippen MR) is 86.2 cm³/mol. The molecular weight excluding hydrogens is 317 g/mol. The summed E-state index contributed by atoms with van der Waals surface area (Å²) in [6.45, 7) is 4.26. The van der Waals surface area contributed by atoms with E-state index in [9.17, 15) is 18.3 Å². The van der Waals surface area contributed by atoms with Gasteiger partial charge in [-0.3, -0.25) is 4.98 Å². The molecule has 2 N–H and O–H groups in total. The van der Waals surface area contributed by atoms with Gasteiger partial charge in [-0.25, -0.2) is 0 Å². The number of aliphatic hydroxyl groups is 1. The second kappa shape index (κ2) is 7.77. The van der Waals surface area contributed by atoms with Gasteiger partial charge < -0.3 is 10.4 Å². The SMILES string of the molecule is CC(C)C(NCC(O)c1ccncc1)c1ccc(C(F)(F)F)cc1. The third-order valence-electron chi connectivity index (χ3n) is 3.89. The quantitative estimate of drug-likeness (QED) is 0.833. The Kier molecular flexibility index (Phi) is 5.96. The van der Waals surface area contributed by atoms with E-state index in [1.807, 2.05) is 13.8 Å². The fraction of sp³-hybridized carbons (Fsp3) is 0.389. The molecule has 0 bridgehead atoms. The number of aliphatic hydroxyl groups excluding tert-OH is 1. The first-order valence-electron chi connectivity index (χ1n) is 7.77. The number of rotatable bonds is 6. The summed E-state index contributed by atoms with van der Waals surface area (Å²) >= 11 is 0. The molecule has 0 saturated carbocycles. The largest absolute Gasteiger partial charge is 0.416 e. The third kappa shape index (κ3) is 4.79. The monoisotopic (exact) mass is 338 g/mol. The number of aromatic nitrogens is 1. The molecule has 2 rings (SSSR count). The molecule has 0 spiro atoms. The maximum atomic E-state index is 12.7. The van der Waals surface area contributed by atoms with Crippen LogP contribution in [0.3, 0.4) is 0 Å². The highest BCUT2D eigenvalue weighted by molar-refractivity contribution is 5.27. The fourth-order valence-corrected chi connectivity index (χ4v) is 2.56. The van der Waals surface area contributed by atoms with Gasteiger partial charge in [-0.05, 0) is 41.3 Å². The summed E-state index contributed by atoms with van der Waals surface area (Å²) in [7, 11) is 0. The minimum atomic E-state index is -4.34. The highest BCUT2D eigenvalue weighted by Gasteiger charge is 2.30. The van der Waals surface area contributed by atoms with Crippen molar-refractivity contribution in [3.05, 3.63) is 65.5 Å². The van der Waals surface area contributed by atoms with Crippen LogP contribution in [0, 0.1) is 5.92 Å². The van der Waals surface area contributed by atoms with Crippen molar-refractivity contribution in [1.29, 1.82) is 0 Å². The number of alkyl halides is 3. The molecule has 0 aliphatic rings. The van der Waals surface area contributed by atoms with Gasteiger partial charge in [-0.1, -0.05) is 26.0 Å². The molecule has 1 aromatic carbocycles. The second-order valence-corrected chi connectivity index (χ2v) is 6.05. The van der Waals surface area contributed by atoms with Gasteiger partial charge >= 0.3 is 6.18 Å². The summed E-state index contributed by atoms with van der Waals surface area (Å²) in [4.78, 5) is 3.90. The summed E-state index contributed by atoms with van der Waals surface area (Å²) in [5.74, 6) is 0.159. The molecule has 0 radical (unpaired) electrons. The smallest absolute Gasteiger partial charge is 0.387 e. The van der Waals surface area contributed by atoms with Gasteiger partial charge in [0.1, 0.15) is 0 Å². The Morgan fingerprint density at radius 3 is 2.08 bits per heavy atom. The summed E-state index contributed by atoms with van der Waals surface area (Å²) in [5.41, 5.74) is 0.845. The van der Waals surface area contributed by atoms with Gasteiger partial charge in [-0.2, -0.15) is 13.2 Å². The molecule has 2 aromatic rings. The minimum Gasteiger partial charge on any atom is -0.387 e. The topological polar surface area (TPSA) is 45.1 Å². The van der Waals surface area contributed by atoms with Gasteiger partial charge in [0, 0.05) is 25.0 Å². The lowest BCUT2D eigenvalue weighted by Gasteiger charge is -2.25. The maximum Gasteiger partial charge on any atom is 0.416 e. The van der Waals surface area contributed by atoms with Crippen LogP contribution >= 0.6 is 0 Å². The lowest BCUT2D eigenvalue weighted by atomic mass is 9.94. The van der Waals surface area contributed by atoms with Crippen LogP contribution in [-0.4, -0.2) is 16.6 Å². The van der Waals surface area contributed by atoms with E-state index in [2.05, 4.69) is 10.3 Å². The molecule has 0 amide bonds. The van der Waals surface area contributed by atoms with Crippen molar-refractivity contribution in [2.45, 2.75) is 32.2 Å². The highest BCUT2D eigenvalue weighted by atomic mass is 19.4. The summed E-state index contributed by atoms with van der Waals surface area (Å²) in [6, 6.07) is 8.46. The molecule has 0 saturated heterocycles. The third-order valence-corrected chi connectivity index (χ3v) is 3.89. The molecule has 2 unspecified atom stereocenters. The Balaban J connectivity index is 2.07. The van der Waals surface area contributed by atoms with E-state index in [4.69, 9.17) is 0 Å². The first-order chi connectivity index (χ1) is 11.3. The average molecular weight is 338 g/mol. The molecule has 0 fully saturated rings. The predicted octanol–water partition coefficient (Wildman–Crippen LogP) is 4.12. The van der Waals surface area contributed by atoms with Crippen LogP contribution < -0.4 is 5.32 Å². The Hall–Kier alpha value is -1.92. The molecule has 2 atom stereocenters. The van der Waals surface area contributed by atoms with Crippen molar-refractivity contribution in [3.63, 3.8) is 0 Å². The molecule has 130 valence electrons. The number of halogens is 3. The summed E-state index contributed by atoms with van der Waals surface area (Å²) in [6.07, 6.45) is -1.83. The minimum absolute atomic E-state index is 0.149. The molecular formula is C18H21F3N2O. The van der Waals surface area contributed by atoms with Gasteiger partial charge in [0.25, 0.3) is 0 Å². The number of pyridine rings is 1. The number of nitrogens with zero attached hydrogens (tertiary/aromatic N) is 1. The van der Waals surface area contributed by atoms with Crippen molar-refractivity contribution in [3.8, 4) is 0 Å². The van der Waals surface area contributed by atoms with Crippen molar-refractivity contribution < 1.29 is 18.3 Å². The Morgan fingerprint density at radius 2 is 1.58 bits per heavy atom. The van der Waals surface area contributed by atoms with E-state index in [-0.39, 0.29) is 12.0 Å². The number of hydrogen-bond acceptors (Lipinski definition) is 3. The van der Waals surface area contributed by atoms with Crippen LogP contribution in [0.15, 0.2) is 48.8 Å². The van der Waals surface area contributed by atoms with Gasteiger partial charge in [0.05, 0.1) is 11.7 Å². The highest BCUT2D eigenvalue weighted by Crippen LogP contribution is 2.31. The Bertz CT molecular complexity index is 627. The molecule has 6 heteroatoms. The van der Waals surface area contributed by atoms with E-state index in [0.717, 1.165) is 23.3 Å². The molecule has 3 nitrogen and oxygen atoms in total. The fourth-order valence-electron chi connectivity index (χ4n) is 2.56. The van der Waals surface area contributed by atoms with Crippen LogP contribution in [0.25, 0.3) is 0 Å². The van der Waals surface area contributed by atoms with Crippen molar-refractivity contribution in [1.82, 2.24) is 10.3 Å². The maximum absolute atomic E-state index is 12.7. The lowest BCUT2D eigenvalue weighted by Crippen LogP contribution is -2.30. The Labute approximate surface area is 139 Å². The van der Waals surface area contributed by atoms with Crippen molar-refractivity contribution >= 4 is 0 Å². The average Bonchev–Trinajstić information content (AvgIpc) is 2.55. The first kappa shape index (κ1) is 18.4. The van der Waals surface area contributed by atoms with Crippen LogP contribution in [0.1, 0.15) is 42.7 Å². The summed E-state index contributed by atoms with van der Waals surface area (Å²) in [5, 5.41) is 13.5. The second-order valence-electron chi connectivity index (χ2n) is 6.05. The number of benzene rings is 1. The summed E-state index contributed by atoms with van der Waals surface area (Å²) < 4.78 is 38.0. The molecule has 1 aromatic heterocycles. The molecule has 1 heterocycles. The van der Waals surface area contributed by atoms with Gasteiger partial charge in [0.2, 0.25) is 0 Å². The standard InChI is InChI=1S/C18H21F3N2O/c1-12(2)17(14-3-5-15(6-4-14)18(19,20)21)23-11-16(24)13-7-9-22-10-8-13/h3-10,12,16-17,23-24H,11H2,1-2H3. The van der Waals surface area contributed by atoms with Crippen LogP contribution in [0.4, 0.5) is 13.2 Å². The normalized spacial score (nSPS) is 14.6. The van der Waals surface area contributed by atoms with E-state index in [1.165, 1.54) is 12.1 Å². The Morgan fingerprint density at radius 1 is 1.00 bits per heavy atom. The number of nitrogens with one attached hydrogen (secondary N) is 1. The van der Waals surface area contributed by atoms with Crippen molar-refractivity contribution in [2.75, 3.05) is 6.54 Å². The zero-order valence-corrected chi connectivity index (χ0v) is 13.6. The lowest BCUT2D eigenvalue weighted by molar-refractivity contribution is -0.137. The number of hydrogen-bond donors (Lipinski definition) is 2. The van der Waals surface area contributed by atoms with E-state index >= 15 is 0 Å². The zero-order chi connectivity index (χ0) is 17.7. The van der Waals surface area contributed by atoms with Gasteiger partial charge in [-0.15, -0.1) is 0 Å². The zero-order valence-electron chi connectivity index (χ0n) is 13.6.